The Morgan fingerprint density at radius 3 is 1.80 bits per heavy atom. The molecule has 0 nitrogen and oxygen atoms in total. The molecule has 0 unspecified atom stereocenters. The molecule has 0 spiro atoms. The summed E-state index contributed by atoms with van der Waals surface area (Å²) in [5.41, 5.74) is 0. The van der Waals surface area contributed by atoms with Crippen LogP contribution in [-0.2, 0) is 24.1 Å². The molecule has 0 heterocycles. The summed E-state index contributed by atoms with van der Waals surface area (Å²) in [4.78, 5) is 0. The number of allylic oxidation sites excluding steroid dienone is 2. The molecule has 0 saturated carbocycles. The summed E-state index contributed by atoms with van der Waals surface area (Å²) >= 11 is 10.3. The average molecular weight is 200 g/mol. The largest absolute Gasteiger partial charge is 1.00 e. The van der Waals surface area contributed by atoms with E-state index in [-0.39, 0.29) is 29.6 Å². The fraction of sp³-hybridized carbons (Fsp3) is 0.333. The van der Waals surface area contributed by atoms with Gasteiger partial charge in [0.05, 0.1) is 0 Å². The van der Waals surface area contributed by atoms with Gasteiger partial charge < -0.3 is 12.2 Å². The third-order valence-electron chi connectivity index (χ3n) is 0.815. The van der Waals surface area contributed by atoms with Crippen LogP contribution < -0.4 is 29.6 Å². The molecule has 0 atom stereocenters. The Balaban J connectivity index is 0. The predicted molar refractivity (Wildman–Crippen MR) is 51.8 cm³/mol. The van der Waals surface area contributed by atoms with Crippen molar-refractivity contribution in [3.05, 3.63) is 25.3 Å². The minimum absolute atomic E-state index is 0. The normalized spacial score (nSPS) is 9.70. The van der Waals surface area contributed by atoms with Gasteiger partial charge in [-0.3, -0.25) is 0 Å². The molecule has 0 bridgehead atoms. The molecule has 0 rings (SSSR count). The van der Waals surface area contributed by atoms with Crippen molar-refractivity contribution in [2.75, 3.05) is 12.3 Å². The van der Waals surface area contributed by atoms with Gasteiger partial charge in [0.2, 0.25) is 0 Å². The average Bonchev–Trinajstić information content (AvgIpc) is 1.64. The molecular weight excluding hydrogens is 190 g/mol. The van der Waals surface area contributed by atoms with E-state index in [0.29, 0.717) is 0 Å². The van der Waals surface area contributed by atoms with Crippen molar-refractivity contribution in [3.8, 4) is 0 Å². The third kappa shape index (κ3) is 7.59. The van der Waals surface area contributed by atoms with Crippen LogP contribution in [0.3, 0.4) is 0 Å². The standard InChI is InChI=1S/C6H11PS2.Na/c1-3-5-7(8,9)6-4-2;/h3-4H,1-2,5-6H2,(H,8,9);/q;+1/p-1. The van der Waals surface area contributed by atoms with E-state index < -0.39 is 5.24 Å². The van der Waals surface area contributed by atoms with Crippen LogP contribution in [-0.4, -0.2) is 12.3 Å². The van der Waals surface area contributed by atoms with Crippen LogP contribution >= 0.6 is 5.24 Å². The Bertz CT molecular complexity index is 142. The number of hydrogen-bond acceptors (Lipinski definition) is 2. The monoisotopic (exact) mass is 200 g/mol. The first kappa shape index (κ1) is 14.0. The Labute approximate surface area is 95.6 Å². The molecule has 0 aromatic carbocycles. The molecule has 0 aliphatic carbocycles. The zero-order valence-corrected chi connectivity index (χ0v) is 10.8. The summed E-state index contributed by atoms with van der Waals surface area (Å²) in [6, 6.07) is 0. The van der Waals surface area contributed by atoms with Gasteiger partial charge in [0.25, 0.3) is 0 Å². The molecule has 0 aliphatic heterocycles. The quantitative estimate of drug-likeness (QED) is 0.255. The zero-order chi connectivity index (χ0) is 7.33. The van der Waals surface area contributed by atoms with Crippen molar-refractivity contribution in [1.29, 1.82) is 0 Å². The van der Waals surface area contributed by atoms with E-state index in [1.807, 2.05) is 0 Å². The van der Waals surface area contributed by atoms with Crippen molar-refractivity contribution >= 4 is 29.3 Å². The maximum absolute atomic E-state index is 5.13. The van der Waals surface area contributed by atoms with Crippen molar-refractivity contribution in [2.24, 2.45) is 0 Å². The predicted octanol–water partition coefficient (Wildman–Crippen LogP) is -0.696. The van der Waals surface area contributed by atoms with Crippen LogP contribution in [0.5, 0.6) is 0 Å². The summed E-state index contributed by atoms with van der Waals surface area (Å²) < 4.78 is 0. The summed E-state index contributed by atoms with van der Waals surface area (Å²) in [7, 11) is 0. The maximum Gasteiger partial charge on any atom is 1.00 e. The Morgan fingerprint density at radius 1 is 1.30 bits per heavy atom. The van der Waals surface area contributed by atoms with E-state index in [1.54, 1.807) is 12.2 Å². The molecule has 0 amide bonds. The van der Waals surface area contributed by atoms with Gasteiger partial charge in [-0.15, -0.1) is 25.0 Å². The van der Waals surface area contributed by atoms with Crippen molar-refractivity contribution in [2.45, 2.75) is 0 Å². The van der Waals surface area contributed by atoms with Crippen molar-refractivity contribution < 1.29 is 29.6 Å². The second-order valence-electron chi connectivity index (χ2n) is 1.76. The topological polar surface area (TPSA) is 0 Å². The van der Waals surface area contributed by atoms with E-state index in [2.05, 4.69) is 13.2 Å². The molecule has 0 N–H and O–H groups in total. The van der Waals surface area contributed by atoms with E-state index in [4.69, 9.17) is 24.1 Å². The zero-order valence-electron chi connectivity index (χ0n) is 6.25. The van der Waals surface area contributed by atoms with Gasteiger partial charge in [-0.05, 0) is 12.3 Å². The van der Waals surface area contributed by atoms with Gasteiger partial charge in [0.15, 0.2) is 0 Å². The first-order chi connectivity index (χ1) is 4.12. The summed E-state index contributed by atoms with van der Waals surface area (Å²) in [6.07, 6.45) is 5.22. The van der Waals surface area contributed by atoms with E-state index in [0.717, 1.165) is 12.3 Å². The second-order valence-corrected chi connectivity index (χ2v) is 9.00. The van der Waals surface area contributed by atoms with Crippen LogP contribution in [0.2, 0.25) is 0 Å². The molecular formula is C6H10NaPS2. The molecule has 0 fully saturated rings. The minimum atomic E-state index is -1.51. The van der Waals surface area contributed by atoms with Crippen LogP contribution in [0.1, 0.15) is 0 Å². The van der Waals surface area contributed by atoms with Gasteiger partial charge in [-0.2, -0.15) is 5.24 Å². The third-order valence-corrected chi connectivity index (χ3v) is 4.23. The summed E-state index contributed by atoms with van der Waals surface area (Å²) in [5, 5.41) is -1.51. The molecule has 10 heavy (non-hydrogen) atoms. The van der Waals surface area contributed by atoms with Gasteiger partial charge in [-0.25, -0.2) is 0 Å². The summed E-state index contributed by atoms with van der Waals surface area (Å²) in [5.74, 6) is 0. The smallest absolute Gasteiger partial charge is 0.746 e. The molecule has 0 aliphatic rings. The van der Waals surface area contributed by atoms with E-state index in [9.17, 15) is 0 Å². The van der Waals surface area contributed by atoms with Gasteiger partial charge in [-0.1, -0.05) is 12.2 Å². The first-order valence-electron chi connectivity index (χ1n) is 2.63. The minimum Gasteiger partial charge on any atom is -0.746 e. The molecule has 52 valence electrons. The number of rotatable bonds is 4. The Hall–Kier alpha value is 1.48. The maximum atomic E-state index is 5.13. The van der Waals surface area contributed by atoms with Gasteiger partial charge in [0.1, 0.15) is 0 Å². The van der Waals surface area contributed by atoms with Crippen LogP contribution in [0.4, 0.5) is 0 Å². The van der Waals surface area contributed by atoms with Crippen LogP contribution in [0.15, 0.2) is 25.3 Å². The Kier molecular flexibility index (Phi) is 10.0. The number of hydrogen-bond donors (Lipinski definition) is 0. The molecule has 0 radical (unpaired) electrons. The molecule has 0 aromatic rings. The second kappa shape index (κ2) is 7.15. The molecule has 0 saturated heterocycles. The fourth-order valence-electron chi connectivity index (χ4n) is 0.468. The SMILES string of the molecule is C=CCP(=S)([S-])CC=C.[Na+]. The molecule has 4 heteroatoms. The Morgan fingerprint density at radius 2 is 1.60 bits per heavy atom. The fourth-order valence-corrected chi connectivity index (χ4v) is 2.67. The van der Waals surface area contributed by atoms with Crippen molar-refractivity contribution in [3.63, 3.8) is 0 Å². The first-order valence-corrected chi connectivity index (χ1v) is 6.82. The molecule has 0 aromatic heterocycles. The van der Waals surface area contributed by atoms with E-state index >= 15 is 0 Å². The van der Waals surface area contributed by atoms with Crippen molar-refractivity contribution in [1.82, 2.24) is 0 Å². The van der Waals surface area contributed by atoms with Gasteiger partial charge >= 0.3 is 29.6 Å². The summed E-state index contributed by atoms with van der Waals surface area (Å²) in [6.45, 7) is 7.18. The van der Waals surface area contributed by atoms with Gasteiger partial charge in [0, 0.05) is 0 Å². The van der Waals surface area contributed by atoms with E-state index in [1.165, 1.54) is 0 Å². The van der Waals surface area contributed by atoms with Crippen LogP contribution in [0, 0.1) is 0 Å². The van der Waals surface area contributed by atoms with Crippen LogP contribution in [0.25, 0.3) is 0 Å².